The van der Waals surface area contributed by atoms with Crippen molar-refractivity contribution >= 4 is 5.78 Å². The molecule has 17 heavy (non-hydrogen) atoms. The summed E-state index contributed by atoms with van der Waals surface area (Å²) in [5, 5.41) is 0. The molecule has 0 aliphatic heterocycles. The second-order valence-corrected chi connectivity index (χ2v) is 4.50. The van der Waals surface area contributed by atoms with Crippen LogP contribution in [0.3, 0.4) is 0 Å². The van der Waals surface area contributed by atoms with E-state index in [0.717, 1.165) is 25.7 Å². The van der Waals surface area contributed by atoms with Crippen LogP contribution in [0.5, 0.6) is 5.88 Å². The Hall–Kier alpha value is -1.45. The first-order valence-electron chi connectivity index (χ1n) is 6.21. The van der Waals surface area contributed by atoms with Gasteiger partial charge < -0.3 is 4.74 Å². The number of nitrogens with zero attached hydrogens (tertiary/aromatic N) is 2. The Morgan fingerprint density at radius 3 is 2.59 bits per heavy atom. The number of methoxy groups -OCH3 is 1. The Morgan fingerprint density at radius 2 is 1.94 bits per heavy atom. The van der Waals surface area contributed by atoms with Gasteiger partial charge >= 0.3 is 0 Å². The van der Waals surface area contributed by atoms with Crippen molar-refractivity contribution in [3.8, 4) is 5.88 Å². The van der Waals surface area contributed by atoms with Crippen LogP contribution in [-0.2, 0) is 0 Å². The van der Waals surface area contributed by atoms with Crippen LogP contribution in [0, 0.1) is 5.92 Å². The molecule has 2 rings (SSSR count). The fraction of sp³-hybridized carbons (Fsp3) is 0.615. The molecule has 0 saturated heterocycles. The van der Waals surface area contributed by atoms with Crippen LogP contribution in [0.15, 0.2) is 12.4 Å². The summed E-state index contributed by atoms with van der Waals surface area (Å²) in [5.41, 5.74) is 0.490. The second-order valence-electron chi connectivity index (χ2n) is 4.50. The van der Waals surface area contributed by atoms with Crippen molar-refractivity contribution in [1.82, 2.24) is 9.97 Å². The summed E-state index contributed by atoms with van der Waals surface area (Å²) in [6.07, 6.45) is 8.17. The van der Waals surface area contributed by atoms with E-state index in [4.69, 9.17) is 4.74 Å². The van der Waals surface area contributed by atoms with Gasteiger partial charge in [-0.15, -0.1) is 0 Å². The molecule has 4 heteroatoms. The van der Waals surface area contributed by atoms with Crippen LogP contribution in [0.4, 0.5) is 0 Å². The topological polar surface area (TPSA) is 52.1 Å². The molecule has 1 aliphatic rings. The van der Waals surface area contributed by atoms with E-state index in [1.54, 1.807) is 13.2 Å². The highest BCUT2D eigenvalue weighted by Gasteiger charge is 2.22. The van der Waals surface area contributed by atoms with Gasteiger partial charge in [-0.2, -0.15) is 0 Å². The molecule has 0 aromatic carbocycles. The molecule has 0 amide bonds. The van der Waals surface area contributed by atoms with Crippen LogP contribution in [0.25, 0.3) is 0 Å². The molecule has 0 radical (unpaired) electrons. The van der Waals surface area contributed by atoms with Crippen LogP contribution >= 0.6 is 0 Å². The molecule has 92 valence electrons. The molecular weight excluding hydrogens is 216 g/mol. The zero-order chi connectivity index (χ0) is 12.1. The van der Waals surface area contributed by atoms with Gasteiger partial charge in [0.1, 0.15) is 12.0 Å². The predicted octanol–water partition coefficient (Wildman–Crippen LogP) is 2.64. The van der Waals surface area contributed by atoms with Gasteiger partial charge in [0.15, 0.2) is 5.78 Å². The maximum Gasteiger partial charge on any atom is 0.216 e. The Morgan fingerprint density at radius 1 is 1.24 bits per heavy atom. The number of rotatable bonds is 3. The Bertz CT molecular complexity index is 385. The van der Waals surface area contributed by atoms with Gasteiger partial charge in [-0.3, -0.25) is 4.79 Å². The van der Waals surface area contributed by atoms with Gasteiger partial charge in [0.05, 0.1) is 7.11 Å². The van der Waals surface area contributed by atoms with Gasteiger partial charge in [-0.05, 0) is 12.8 Å². The highest BCUT2D eigenvalue weighted by molar-refractivity contribution is 5.96. The predicted molar refractivity (Wildman–Crippen MR) is 64.1 cm³/mol. The highest BCUT2D eigenvalue weighted by atomic mass is 16.5. The van der Waals surface area contributed by atoms with Gasteiger partial charge in [0, 0.05) is 12.0 Å². The van der Waals surface area contributed by atoms with Crippen LogP contribution in [0.1, 0.15) is 49.0 Å². The minimum atomic E-state index is 0.136. The minimum absolute atomic E-state index is 0.136. The lowest BCUT2D eigenvalue weighted by Crippen LogP contribution is -2.15. The largest absolute Gasteiger partial charge is 0.481 e. The number of carbonyl (C=O) groups is 1. The normalized spacial score (nSPS) is 17.5. The van der Waals surface area contributed by atoms with Gasteiger partial charge in [-0.25, -0.2) is 9.97 Å². The lowest BCUT2D eigenvalue weighted by atomic mass is 9.93. The summed E-state index contributed by atoms with van der Waals surface area (Å²) < 4.78 is 5.01. The number of Topliss-reactive ketones (excluding diaryl/α,β-unsaturated/α-hetero) is 1. The van der Waals surface area contributed by atoms with Crippen LogP contribution < -0.4 is 4.74 Å². The van der Waals surface area contributed by atoms with Crippen molar-refractivity contribution in [2.75, 3.05) is 7.11 Å². The molecule has 1 saturated carbocycles. The van der Waals surface area contributed by atoms with Gasteiger partial charge in [0.25, 0.3) is 0 Å². The minimum Gasteiger partial charge on any atom is -0.481 e. The standard InChI is InChI=1S/C13H18N2O2/c1-17-12-8-11(14-9-15-12)13(16)10-6-4-2-3-5-7-10/h8-10H,2-7H2,1H3. The fourth-order valence-corrected chi connectivity index (χ4v) is 2.34. The molecule has 4 nitrogen and oxygen atoms in total. The molecule has 1 heterocycles. The Kier molecular flexibility index (Phi) is 4.07. The lowest BCUT2D eigenvalue weighted by Gasteiger charge is -2.11. The molecule has 1 aliphatic carbocycles. The van der Waals surface area contributed by atoms with Gasteiger partial charge in [-0.1, -0.05) is 25.7 Å². The summed E-state index contributed by atoms with van der Waals surface area (Å²) in [6, 6.07) is 1.63. The van der Waals surface area contributed by atoms with Crippen molar-refractivity contribution in [3.05, 3.63) is 18.1 Å². The van der Waals surface area contributed by atoms with Crippen LogP contribution in [-0.4, -0.2) is 22.9 Å². The van der Waals surface area contributed by atoms with Crippen molar-refractivity contribution < 1.29 is 9.53 Å². The molecule has 1 fully saturated rings. The molecule has 1 aromatic heterocycles. The summed E-state index contributed by atoms with van der Waals surface area (Å²) in [5.74, 6) is 0.738. The quantitative estimate of drug-likeness (QED) is 0.596. The van der Waals surface area contributed by atoms with E-state index >= 15 is 0 Å². The summed E-state index contributed by atoms with van der Waals surface area (Å²) >= 11 is 0. The maximum atomic E-state index is 12.3. The Balaban J connectivity index is 2.11. The fourth-order valence-electron chi connectivity index (χ4n) is 2.34. The monoisotopic (exact) mass is 234 g/mol. The van der Waals surface area contributed by atoms with E-state index in [-0.39, 0.29) is 11.7 Å². The van der Waals surface area contributed by atoms with E-state index in [1.165, 1.54) is 19.2 Å². The van der Waals surface area contributed by atoms with E-state index in [1.807, 2.05) is 0 Å². The first-order chi connectivity index (χ1) is 8.31. The third kappa shape index (κ3) is 3.02. The average molecular weight is 234 g/mol. The zero-order valence-corrected chi connectivity index (χ0v) is 10.2. The number of ketones is 1. The number of hydrogen-bond acceptors (Lipinski definition) is 4. The van der Waals surface area contributed by atoms with Crippen molar-refractivity contribution in [1.29, 1.82) is 0 Å². The average Bonchev–Trinajstić information content (AvgIpc) is 2.67. The first-order valence-corrected chi connectivity index (χ1v) is 6.21. The number of aromatic nitrogens is 2. The summed E-state index contributed by atoms with van der Waals surface area (Å²) in [4.78, 5) is 20.2. The third-order valence-electron chi connectivity index (χ3n) is 3.33. The van der Waals surface area contributed by atoms with Crippen molar-refractivity contribution in [3.63, 3.8) is 0 Å². The Labute approximate surface area is 101 Å². The number of ether oxygens (including phenoxy) is 1. The molecule has 0 spiro atoms. The molecule has 0 unspecified atom stereocenters. The molecular formula is C13H18N2O2. The molecule has 0 atom stereocenters. The number of hydrogen-bond donors (Lipinski definition) is 0. The third-order valence-corrected chi connectivity index (χ3v) is 3.33. The SMILES string of the molecule is COc1cc(C(=O)C2CCCCCC2)ncn1. The summed E-state index contributed by atoms with van der Waals surface area (Å²) in [7, 11) is 1.54. The van der Waals surface area contributed by atoms with E-state index in [2.05, 4.69) is 9.97 Å². The maximum absolute atomic E-state index is 12.3. The smallest absolute Gasteiger partial charge is 0.216 e. The van der Waals surface area contributed by atoms with Crippen LogP contribution in [0.2, 0.25) is 0 Å². The molecule has 1 aromatic rings. The zero-order valence-electron chi connectivity index (χ0n) is 10.2. The molecule has 0 bridgehead atoms. The van der Waals surface area contributed by atoms with E-state index < -0.39 is 0 Å². The first kappa shape index (κ1) is 12.0. The van der Waals surface area contributed by atoms with Gasteiger partial charge in [0.2, 0.25) is 5.88 Å². The van der Waals surface area contributed by atoms with Crippen molar-refractivity contribution in [2.24, 2.45) is 5.92 Å². The number of carbonyl (C=O) groups excluding carboxylic acids is 1. The highest BCUT2D eigenvalue weighted by Crippen LogP contribution is 2.25. The van der Waals surface area contributed by atoms with E-state index in [9.17, 15) is 4.79 Å². The van der Waals surface area contributed by atoms with E-state index in [0.29, 0.717) is 11.6 Å². The second kappa shape index (κ2) is 5.75. The lowest BCUT2D eigenvalue weighted by molar-refractivity contribution is 0.0902. The molecule has 0 N–H and O–H groups in total. The summed E-state index contributed by atoms with van der Waals surface area (Å²) in [6.45, 7) is 0. The van der Waals surface area contributed by atoms with Crippen molar-refractivity contribution in [2.45, 2.75) is 38.5 Å².